The molecule has 2 aromatic rings. The third-order valence-corrected chi connectivity index (χ3v) is 3.75. The Hall–Kier alpha value is -2.01. The number of hydrogen-bond donors (Lipinski definition) is 2. The number of carbonyl (C=O) groups is 1. The van der Waals surface area contributed by atoms with E-state index in [0.29, 0.717) is 0 Å². The van der Waals surface area contributed by atoms with Gasteiger partial charge in [-0.2, -0.15) is 0 Å². The van der Waals surface area contributed by atoms with Gasteiger partial charge in [0, 0.05) is 29.6 Å². The number of nitrogens with zero attached hydrogens (tertiary/aromatic N) is 1. The molecule has 0 saturated heterocycles. The number of ether oxygens (including phenoxy) is 1. The molecule has 1 unspecified atom stereocenters. The molecule has 140 valence electrons. The molecular weight excluding hydrogens is 314 g/mol. The Morgan fingerprint density at radius 2 is 1.92 bits per heavy atom. The second-order valence-corrected chi connectivity index (χ2v) is 6.47. The fraction of sp³-hybridized carbons (Fsp3) is 0.550. The highest BCUT2D eigenvalue weighted by atomic mass is 16.5. The standard InChI is InChI=1S/C18H27N3O2.C2H6/c1-12(2)18(22)20-13(3)23-16-8-6-7-15-17(16)14(11-19-15)9-10-21(4)5;1-2/h6-8,11-13,19H,9-10H2,1-5H3,(H,20,22);1-2H3. The molecule has 5 heteroatoms. The minimum absolute atomic E-state index is 0.00780. The first-order valence-corrected chi connectivity index (χ1v) is 9.09. The van der Waals surface area contributed by atoms with Crippen LogP contribution < -0.4 is 10.1 Å². The van der Waals surface area contributed by atoms with Gasteiger partial charge < -0.3 is 19.9 Å². The van der Waals surface area contributed by atoms with Crippen molar-refractivity contribution in [1.29, 1.82) is 0 Å². The normalized spacial score (nSPS) is 12.0. The molecule has 0 aliphatic rings. The largest absolute Gasteiger partial charge is 0.470 e. The Labute approximate surface area is 151 Å². The SMILES string of the molecule is CC.CC(NC(=O)C(C)C)Oc1cccc2[nH]cc(CCN(C)C)c12. The van der Waals surface area contributed by atoms with Crippen molar-refractivity contribution in [2.45, 2.75) is 47.3 Å². The summed E-state index contributed by atoms with van der Waals surface area (Å²) < 4.78 is 5.99. The van der Waals surface area contributed by atoms with E-state index in [0.717, 1.165) is 29.6 Å². The van der Waals surface area contributed by atoms with Crippen LogP contribution in [0.2, 0.25) is 0 Å². The zero-order chi connectivity index (χ0) is 19.0. The number of nitrogens with one attached hydrogen (secondary N) is 2. The number of aromatic nitrogens is 1. The molecule has 0 aliphatic carbocycles. The average molecular weight is 348 g/mol. The Morgan fingerprint density at radius 1 is 1.24 bits per heavy atom. The van der Waals surface area contributed by atoms with Crippen LogP contribution in [0.25, 0.3) is 10.9 Å². The van der Waals surface area contributed by atoms with Crippen LogP contribution in [0.4, 0.5) is 0 Å². The molecule has 0 saturated carbocycles. The zero-order valence-corrected chi connectivity index (χ0v) is 16.6. The van der Waals surface area contributed by atoms with Crippen molar-refractivity contribution in [2.75, 3.05) is 20.6 Å². The van der Waals surface area contributed by atoms with Crippen LogP contribution in [0.15, 0.2) is 24.4 Å². The molecule has 0 aliphatic heterocycles. The summed E-state index contributed by atoms with van der Waals surface area (Å²) in [6.45, 7) is 10.6. The number of rotatable bonds is 7. The van der Waals surface area contributed by atoms with Gasteiger partial charge in [0.2, 0.25) is 5.91 Å². The molecule has 2 rings (SSSR count). The van der Waals surface area contributed by atoms with Crippen molar-refractivity contribution in [3.8, 4) is 5.75 Å². The van der Waals surface area contributed by atoms with Crippen molar-refractivity contribution in [1.82, 2.24) is 15.2 Å². The molecule has 2 N–H and O–H groups in total. The number of carbonyl (C=O) groups excluding carboxylic acids is 1. The lowest BCUT2D eigenvalue weighted by atomic mass is 10.1. The van der Waals surface area contributed by atoms with E-state index in [4.69, 9.17) is 4.74 Å². The van der Waals surface area contributed by atoms with Gasteiger partial charge in [0.15, 0.2) is 6.23 Å². The van der Waals surface area contributed by atoms with Crippen molar-refractivity contribution in [2.24, 2.45) is 5.92 Å². The van der Waals surface area contributed by atoms with Crippen LogP contribution in [-0.2, 0) is 11.2 Å². The number of hydrogen-bond acceptors (Lipinski definition) is 3. The van der Waals surface area contributed by atoms with E-state index >= 15 is 0 Å². The molecule has 1 aromatic heterocycles. The lowest BCUT2D eigenvalue weighted by molar-refractivity contribution is -0.126. The van der Waals surface area contributed by atoms with Gasteiger partial charge in [0.25, 0.3) is 0 Å². The highest BCUT2D eigenvalue weighted by Gasteiger charge is 2.15. The molecule has 0 radical (unpaired) electrons. The molecule has 0 spiro atoms. The molecule has 5 nitrogen and oxygen atoms in total. The summed E-state index contributed by atoms with van der Waals surface area (Å²) in [5.74, 6) is 0.736. The van der Waals surface area contributed by atoms with E-state index in [1.54, 1.807) is 0 Å². The Balaban J connectivity index is 0.00000151. The topological polar surface area (TPSA) is 57.4 Å². The first-order chi connectivity index (χ1) is 11.9. The number of amides is 1. The van der Waals surface area contributed by atoms with Gasteiger partial charge in [-0.25, -0.2) is 0 Å². The monoisotopic (exact) mass is 347 g/mol. The third-order valence-electron chi connectivity index (χ3n) is 3.75. The minimum atomic E-state index is -0.368. The van der Waals surface area contributed by atoms with Crippen molar-refractivity contribution < 1.29 is 9.53 Å². The average Bonchev–Trinajstić information content (AvgIpc) is 2.98. The second-order valence-electron chi connectivity index (χ2n) is 6.47. The Bertz CT molecular complexity index is 662. The van der Waals surface area contributed by atoms with Crippen LogP contribution in [0.1, 0.15) is 40.2 Å². The Morgan fingerprint density at radius 3 is 2.52 bits per heavy atom. The third kappa shape index (κ3) is 6.09. The molecule has 1 amide bonds. The summed E-state index contributed by atoms with van der Waals surface area (Å²) in [6.07, 6.45) is 2.62. The van der Waals surface area contributed by atoms with Gasteiger partial charge in [0.05, 0.1) is 0 Å². The smallest absolute Gasteiger partial charge is 0.225 e. The molecule has 1 heterocycles. The summed E-state index contributed by atoms with van der Waals surface area (Å²) >= 11 is 0. The second kappa shape index (κ2) is 10.1. The highest BCUT2D eigenvalue weighted by molar-refractivity contribution is 5.89. The molecule has 1 atom stereocenters. The Kier molecular flexibility index (Phi) is 8.49. The number of likely N-dealkylation sites (N-methyl/N-ethyl adjacent to an activating group) is 1. The number of benzene rings is 1. The van der Waals surface area contributed by atoms with Gasteiger partial charge in [-0.1, -0.05) is 33.8 Å². The van der Waals surface area contributed by atoms with Gasteiger partial charge in [-0.05, 0) is 45.1 Å². The number of aromatic amines is 1. The first kappa shape index (κ1) is 21.0. The number of H-pyrrole nitrogens is 1. The van der Waals surface area contributed by atoms with E-state index in [2.05, 4.69) is 29.3 Å². The van der Waals surface area contributed by atoms with Crippen LogP contribution in [0.5, 0.6) is 5.75 Å². The molecule has 1 aromatic carbocycles. The maximum atomic E-state index is 11.8. The fourth-order valence-electron chi connectivity index (χ4n) is 2.45. The van der Waals surface area contributed by atoms with Crippen LogP contribution in [0, 0.1) is 5.92 Å². The van der Waals surface area contributed by atoms with Gasteiger partial charge in [-0.15, -0.1) is 0 Å². The van der Waals surface area contributed by atoms with E-state index in [1.165, 1.54) is 5.56 Å². The van der Waals surface area contributed by atoms with E-state index in [9.17, 15) is 4.79 Å². The van der Waals surface area contributed by atoms with Crippen molar-refractivity contribution in [3.05, 3.63) is 30.0 Å². The van der Waals surface area contributed by atoms with Gasteiger partial charge in [0.1, 0.15) is 5.75 Å². The molecule has 0 bridgehead atoms. The first-order valence-electron chi connectivity index (χ1n) is 9.09. The summed E-state index contributed by atoms with van der Waals surface area (Å²) in [5.41, 5.74) is 2.28. The predicted octanol–water partition coefficient (Wildman–Crippen LogP) is 3.80. The summed E-state index contributed by atoms with van der Waals surface area (Å²) in [5, 5.41) is 3.97. The van der Waals surface area contributed by atoms with Crippen LogP contribution in [-0.4, -0.2) is 42.7 Å². The van der Waals surface area contributed by atoms with Crippen LogP contribution in [0.3, 0.4) is 0 Å². The lowest BCUT2D eigenvalue weighted by Gasteiger charge is -2.19. The van der Waals surface area contributed by atoms with Gasteiger partial charge >= 0.3 is 0 Å². The quantitative estimate of drug-likeness (QED) is 0.749. The highest BCUT2D eigenvalue weighted by Crippen LogP contribution is 2.29. The zero-order valence-electron chi connectivity index (χ0n) is 16.6. The summed E-state index contributed by atoms with van der Waals surface area (Å²) in [4.78, 5) is 17.3. The maximum Gasteiger partial charge on any atom is 0.225 e. The molecular formula is C20H33N3O2. The van der Waals surface area contributed by atoms with E-state index in [-0.39, 0.29) is 18.1 Å². The van der Waals surface area contributed by atoms with Crippen molar-refractivity contribution >= 4 is 16.8 Å². The van der Waals surface area contributed by atoms with Crippen LogP contribution >= 0.6 is 0 Å². The minimum Gasteiger partial charge on any atom is -0.470 e. The fourth-order valence-corrected chi connectivity index (χ4v) is 2.45. The van der Waals surface area contributed by atoms with E-state index in [1.807, 2.05) is 59.0 Å². The summed E-state index contributed by atoms with van der Waals surface area (Å²) in [7, 11) is 4.13. The maximum absolute atomic E-state index is 11.8. The lowest BCUT2D eigenvalue weighted by Crippen LogP contribution is -2.39. The van der Waals surface area contributed by atoms with E-state index < -0.39 is 0 Å². The molecule has 0 fully saturated rings. The summed E-state index contributed by atoms with van der Waals surface area (Å²) in [6, 6.07) is 5.95. The van der Waals surface area contributed by atoms with Gasteiger partial charge in [-0.3, -0.25) is 4.79 Å². The predicted molar refractivity (Wildman–Crippen MR) is 105 cm³/mol. The molecule has 25 heavy (non-hydrogen) atoms. The van der Waals surface area contributed by atoms with Crippen molar-refractivity contribution in [3.63, 3.8) is 0 Å². The number of fused-ring (bicyclic) bond motifs is 1.